The van der Waals surface area contributed by atoms with Crippen molar-refractivity contribution >= 4 is 5.97 Å². The van der Waals surface area contributed by atoms with Gasteiger partial charge in [0.15, 0.2) is 0 Å². The van der Waals surface area contributed by atoms with Gasteiger partial charge in [-0.25, -0.2) is 13.6 Å². The molecule has 0 saturated carbocycles. The zero-order chi connectivity index (χ0) is 13.0. The Hall–Kier alpha value is -1.72. The van der Waals surface area contributed by atoms with Crippen LogP contribution in [-0.4, -0.2) is 24.7 Å². The molecule has 1 aromatic rings. The molecule has 0 aliphatic rings. The summed E-state index contributed by atoms with van der Waals surface area (Å²) in [7, 11) is 1.30. The fourth-order valence-electron chi connectivity index (χ4n) is 1.39. The molecule has 6 heteroatoms. The van der Waals surface area contributed by atoms with Crippen LogP contribution in [0.4, 0.5) is 8.78 Å². The molecule has 0 spiro atoms. The minimum Gasteiger partial charge on any atom is -0.496 e. The number of ether oxygens (including phenoxy) is 2. The molecule has 1 rings (SSSR count). The average molecular weight is 245 g/mol. The van der Waals surface area contributed by atoms with Crippen LogP contribution in [0, 0.1) is 6.92 Å². The first-order chi connectivity index (χ1) is 8.01. The molecule has 0 saturated heterocycles. The maximum atomic E-state index is 12.5. The maximum absolute atomic E-state index is 12.5. The molecular weight excluding hydrogens is 232 g/mol. The second-order valence-electron chi connectivity index (χ2n) is 3.23. The number of hydrogen-bond acceptors (Lipinski definition) is 4. The summed E-state index contributed by atoms with van der Waals surface area (Å²) in [6.07, 6.45) is -2.71. The lowest BCUT2D eigenvalue weighted by Gasteiger charge is -2.11. The Balaban J connectivity index is 3.25. The van der Waals surface area contributed by atoms with Gasteiger partial charge in [0, 0.05) is 6.07 Å². The minimum absolute atomic E-state index is 0.0475. The first kappa shape index (κ1) is 13.3. The van der Waals surface area contributed by atoms with Crippen molar-refractivity contribution < 1.29 is 23.0 Å². The van der Waals surface area contributed by atoms with E-state index in [0.717, 1.165) is 6.07 Å². The van der Waals surface area contributed by atoms with Crippen LogP contribution in [-0.2, 0) is 4.74 Å². The molecule has 0 N–H and O–H groups in total. The molecule has 0 fully saturated rings. The van der Waals surface area contributed by atoms with Crippen molar-refractivity contribution in [3.05, 3.63) is 23.0 Å². The second-order valence-corrected chi connectivity index (χ2v) is 3.23. The summed E-state index contributed by atoms with van der Waals surface area (Å²) in [5.74, 6) is -0.582. The zero-order valence-electron chi connectivity index (χ0n) is 9.79. The Kier molecular flexibility index (Phi) is 4.37. The molecule has 4 nitrogen and oxygen atoms in total. The lowest BCUT2D eigenvalue weighted by molar-refractivity contribution is 0.0520. The monoisotopic (exact) mass is 245 g/mol. The number of methoxy groups -OCH3 is 1. The van der Waals surface area contributed by atoms with E-state index in [1.165, 1.54) is 14.0 Å². The van der Waals surface area contributed by atoms with Crippen molar-refractivity contribution in [2.45, 2.75) is 20.3 Å². The highest BCUT2D eigenvalue weighted by atomic mass is 19.3. The van der Waals surface area contributed by atoms with Crippen LogP contribution in [0.1, 0.15) is 35.1 Å². The van der Waals surface area contributed by atoms with Crippen molar-refractivity contribution in [1.82, 2.24) is 4.98 Å². The van der Waals surface area contributed by atoms with E-state index in [4.69, 9.17) is 9.47 Å². The van der Waals surface area contributed by atoms with Gasteiger partial charge in [-0.3, -0.25) is 4.98 Å². The molecule has 1 aromatic heterocycles. The topological polar surface area (TPSA) is 48.4 Å². The van der Waals surface area contributed by atoms with E-state index in [1.807, 2.05) is 0 Å². The standard InChI is InChI=1S/C11H13F2NO3/c1-4-17-11(15)9-6(2)14-7(10(12)13)5-8(9)16-3/h5,10H,4H2,1-3H3. The quantitative estimate of drug-likeness (QED) is 0.765. The third-order valence-corrected chi connectivity index (χ3v) is 2.11. The van der Waals surface area contributed by atoms with Gasteiger partial charge in [0.25, 0.3) is 6.43 Å². The highest BCUT2D eigenvalue weighted by Crippen LogP contribution is 2.27. The molecule has 0 aliphatic heterocycles. The number of hydrogen-bond donors (Lipinski definition) is 0. The van der Waals surface area contributed by atoms with E-state index < -0.39 is 18.1 Å². The van der Waals surface area contributed by atoms with E-state index in [1.54, 1.807) is 6.92 Å². The van der Waals surface area contributed by atoms with Gasteiger partial charge in [-0.05, 0) is 13.8 Å². The summed E-state index contributed by atoms with van der Waals surface area (Å²) in [6.45, 7) is 3.30. The number of esters is 1. The number of pyridine rings is 1. The summed E-state index contributed by atoms with van der Waals surface area (Å²) < 4.78 is 34.7. The van der Waals surface area contributed by atoms with Gasteiger partial charge >= 0.3 is 5.97 Å². The first-order valence-corrected chi connectivity index (χ1v) is 5.02. The molecular formula is C11H13F2NO3. The van der Waals surface area contributed by atoms with Crippen molar-refractivity contribution in [1.29, 1.82) is 0 Å². The van der Waals surface area contributed by atoms with Gasteiger partial charge in [-0.2, -0.15) is 0 Å². The molecule has 0 aromatic carbocycles. The number of rotatable bonds is 4. The third kappa shape index (κ3) is 2.89. The van der Waals surface area contributed by atoms with Gasteiger partial charge in [0.2, 0.25) is 0 Å². The fourth-order valence-corrected chi connectivity index (χ4v) is 1.39. The molecule has 0 radical (unpaired) electrons. The van der Waals surface area contributed by atoms with Gasteiger partial charge in [0.1, 0.15) is 17.0 Å². The summed E-state index contributed by atoms with van der Waals surface area (Å²) in [6, 6.07) is 1.05. The lowest BCUT2D eigenvalue weighted by Crippen LogP contribution is -2.11. The Bertz CT molecular complexity index is 421. The van der Waals surface area contributed by atoms with Crippen molar-refractivity contribution in [2.24, 2.45) is 0 Å². The maximum Gasteiger partial charge on any atom is 0.343 e. The molecule has 0 amide bonds. The Labute approximate surface area is 97.6 Å². The van der Waals surface area contributed by atoms with Gasteiger partial charge in [0.05, 0.1) is 19.4 Å². The number of halogens is 2. The van der Waals surface area contributed by atoms with E-state index in [9.17, 15) is 13.6 Å². The third-order valence-electron chi connectivity index (χ3n) is 2.11. The number of alkyl halides is 2. The molecule has 0 unspecified atom stereocenters. The smallest absolute Gasteiger partial charge is 0.343 e. The van der Waals surface area contributed by atoms with Crippen LogP contribution in [0.5, 0.6) is 5.75 Å². The summed E-state index contributed by atoms with van der Waals surface area (Å²) in [5, 5.41) is 0. The number of aromatic nitrogens is 1. The van der Waals surface area contributed by atoms with E-state index in [2.05, 4.69) is 4.98 Å². The zero-order valence-corrected chi connectivity index (χ0v) is 9.79. The SMILES string of the molecule is CCOC(=O)c1c(OC)cc(C(F)F)nc1C. The van der Waals surface area contributed by atoms with Crippen LogP contribution in [0.25, 0.3) is 0 Å². The Morgan fingerprint density at radius 2 is 2.18 bits per heavy atom. The second kappa shape index (κ2) is 5.56. The average Bonchev–Trinajstić information content (AvgIpc) is 2.27. The van der Waals surface area contributed by atoms with Gasteiger partial charge in [-0.15, -0.1) is 0 Å². The Morgan fingerprint density at radius 1 is 1.53 bits per heavy atom. The number of carbonyl (C=O) groups excluding carboxylic acids is 1. The highest BCUT2D eigenvalue weighted by molar-refractivity contribution is 5.93. The van der Waals surface area contributed by atoms with Gasteiger partial charge < -0.3 is 9.47 Å². The van der Waals surface area contributed by atoms with E-state index in [0.29, 0.717) is 0 Å². The molecule has 0 aliphatic carbocycles. The van der Waals surface area contributed by atoms with Gasteiger partial charge in [-0.1, -0.05) is 0 Å². The molecule has 0 atom stereocenters. The first-order valence-electron chi connectivity index (χ1n) is 5.02. The van der Waals surface area contributed by atoms with Crippen molar-refractivity contribution in [3.63, 3.8) is 0 Å². The van der Waals surface area contributed by atoms with Crippen LogP contribution >= 0.6 is 0 Å². The summed E-state index contributed by atoms with van der Waals surface area (Å²) in [5.41, 5.74) is -0.177. The van der Waals surface area contributed by atoms with Crippen LogP contribution in [0.2, 0.25) is 0 Å². The molecule has 1 heterocycles. The minimum atomic E-state index is -2.71. The van der Waals surface area contributed by atoms with E-state index >= 15 is 0 Å². The number of aryl methyl sites for hydroxylation is 1. The van der Waals surface area contributed by atoms with E-state index in [-0.39, 0.29) is 23.6 Å². The predicted molar refractivity (Wildman–Crippen MR) is 56.4 cm³/mol. The predicted octanol–water partition coefficient (Wildman–Crippen LogP) is 2.51. The molecule has 17 heavy (non-hydrogen) atoms. The highest BCUT2D eigenvalue weighted by Gasteiger charge is 2.21. The molecule has 0 bridgehead atoms. The van der Waals surface area contributed by atoms with Crippen LogP contribution in [0.3, 0.4) is 0 Å². The normalized spacial score (nSPS) is 10.5. The van der Waals surface area contributed by atoms with Crippen molar-refractivity contribution in [3.8, 4) is 5.75 Å². The van der Waals surface area contributed by atoms with Crippen molar-refractivity contribution in [2.75, 3.05) is 13.7 Å². The fraction of sp³-hybridized carbons (Fsp3) is 0.455. The molecule has 94 valence electrons. The lowest BCUT2D eigenvalue weighted by atomic mass is 10.1. The number of carbonyl (C=O) groups is 1. The summed E-state index contributed by atoms with van der Waals surface area (Å²) >= 11 is 0. The summed E-state index contributed by atoms with van der Waals surface area (Å²) in [4.78, 5) is 15.3. The number of nitrogens with zero attached hydrogens (tertiary/aromatic N) is 1. The van der Waals surface area contributed by atoms with Crippen LogP contribution in [0.15, 0.2) is 6.07 Å². The van der Waals surface area contributed by atoms with Crippen LogP contribution < -0.4 is 4.74 Å². The largest absolute Gasteiger partial charge is 0.496 e. The Morgan fingerprint density at radius 3 is 2.65 bits per heavy atom.